The minimum absolute atomic E-state index is 0.0691. The van der Waals surface area contributed by atoms with E-state index in [1.54, 1.807) is 12.1 Å². The van der Waals surface area contributed by atoms with Crippen molar-refractivity contribution in [3.8, 4) is 0 Å². The normalized spacial score (nSPS) is 18.5. The summed E-state index contributed by atoms with van der Waals surface area (Å²) < 4.78 is 70.9. The van der Waals surface area contributed by atoms with E-state index in [4.69, 9.17) is 4.42 Å². The molecule has 4 rings (SSSR count). The molecule has 10 heteroatoms. The lowest BCUT2D eigenvalue weighted by Crippen LogP contribution is -2.40. The number of hydrogen-bond donors (Lipinski definition) is 0. The molecule has 0 amide bonds. The molecular weight excluding hydrogens is 461 g/mol. The van der Waals surface area contributed by atoms with Crippen molar-refractivity contribution < 1.29 is 25.6 Å². The number of nitrogens with zero attached hydrogens (tertiary/aromatic N) is 1. The van der Waals surface area contributed by atoms with Crippen LogP contribution < -0.4 is 0 Å². The Bertz CT molecular complexity index is 1260. The zero-order valence-corrected chi connectivity index (χ0v) is 18.8. The van der Waals surface area contributed by atoms with Gasteiger partial charge in [0.05, 0.1) is 22.9 Å². The van der Waals surface area contributed by atoms with Crippen molar-refractivity contribution in [2.24, 2.45) is 0 Å². The Morgan fingerprint density at radius 2 is 1.74 bits per heavy atom. The largest absolute Gasteiger partial charge is 0.453 e. The van der Waals surface area contributed by atoms with E-state index < -0.39 is 31.7 Å². The first-order chi connectivity index (χ1) is 14.7. The maximum absolute atomic E-state index is 13.3. The molecule has 1 aliphatic rings. The van der Waals surface area contributed by atoms with E-state index in [-0.39, 0.29) is 29.4 Å². The highest BCUT2D eigenvalue weighted by atomic mass is 32.2. The third-order valence-electron chi connectivity index (χ3n) is 4.95. The molecule has 0 N–H and O–H groups in total. The quantitative estimate of drug-likeness (QED) is 0.508. The van der Waals surface area contributed by atoms with Crippen molar-refractivity contribution in [3.05, 3.63) is 78.3 Å². The lowest BCUT2D eigenvalue weighted by Gasteiger charge is -2.26. The Morgan fingerprint density at radius 3 is 2.39 bits per heavy atom. The van der Waals surface area contributed by atoms with Crippen LogP contribution >= 0.6 is 11.8 Å². The van der Waals surface area contributed by atoms with Crippen molar-refractivity contribution in [2.75, 3.05) is 11.5 Å². The van der Waals surface area contributed by atoms with Crippen molar-refractivity contribution >= 4 is 31.6 Å². The van der Waals surface area contributed by atoms with E-state index in [0.717, 1.165) is 21.3 Å². The Morgan fingerprint density at radius 1 is 1.03 bits per heavy atom. The highest BCUT2D eigenvalue weighted by molar-refractivity contribution is 7.99. The average molecular weight is 482 g/mol. The molecule has 31 heavy (non-hydrogen) atoms. The SMILES string of the molecule is O=S1(=O)CCC(N(Cc2ccc(Sc3ccccc3)o2)S(=O)(=O)c2ccc(F)cc2)C1. The van der Waals surface area contributed by atoms with Crippen LogP contribution in [-0.2, 0) is 26.4 Å². The molecule has 164 valence electrons. The van der Waals surface area contributed by atoms with Gasteiger partial charge in [-0.25, -0.2) is 21.2 Å². The monoisotopic (exact) mass is 481 g/mol. The molecule has 2 aromatic carbocycles. The standard InChI is InChI=1S/C21H20FNO5S3/c22-16-6-9-20(10-7-16)31(26,27)23(17-12-13-30(24,25)15-17)14-18-8-11-21(28-18)29-19-4-2-1-3-5-19/h1-11,17H,12-15H2. The predicted molar refractivity (Wildman–Crippen MR) is 115 cm³/mol. The van der Waals surface area contributed by atoms with Gasteiger partial charge in [0.1, 0.15) is 11.6 Å². The molecule has 1 atom stereocenters. The molecule has 3 aromatic rings. The second kappa shape index (κ2) is 8.78. The number of hydrogen-bond acceptors (Lipinski definition) is 6. The van der Waals surface area contributed by atoms with Crippen LogP contribution in [-0.4, -0.2) is 38.7 Å². The highest BCUT2D eigenvalue weighted by Gasteiger charge is 2.39. The molecule has 0 radical (unpaired) electrons. The molecule has 0 aliphatic carbocycles. The van der Waals surface area contributed by atoms with Gasteiger partial charge in [0, 0.05) is 10.9 Å². The molecule has 6 nitrogen and oxygen atoms in total. The van der Waals surface area contributed by atoms with Gasteiger partial charge in [-0.15, -0.1) is 0 Å². The summed E-state index contributed by atoms with van der Waals surface area (Å²) in [5, 5.41) is 0.597. The summed E-state index contributed by atoms with van der Waals surface area (Å²) in [5.41, 5.74) is 0. The number of furan rings is 1. The first-order valence-electron chi connectivity index (χ1n) is 9.52. The Hall–Kier alpha value is -2.14. The predicted octanol–water partition coefficient (Wildman–Crippen LogP) is 3.95. The van der Waals surface area contributed by atoms with Crippen LogP contribution in [0.2, 0.25) is 0 Å². The fourth-order valence-electron chi connectivity index (χ4n) is 3.41. The lowest BCUT2D eigenvalue weighted by atomic mass is 10.2. The van der Waals surface area contributed by atoms with Gasteiger partial charge in [-0.3, -0.25) is 0 Å². The molecule has 1 fully saturated rings. The van der Waals surface area contributed by atoms with Crippen LogP contribution in [0, 0.1) is 5.82 Å². The Labute approximate surface area is 185 Å². The number of sulfonamides is 1. The fourth-order valence-corrected chi connectivity index (χ4v) is 7.67. The minimum Gasteiger partial charge on any atom is -0.453 e. The van der Waals surface area contributed by atoms with Gasteiger partial charge in [0.2, 0.25) is 10.0 Å². The van der Waals surface area contributed by atoms with Crippen LogP contribution in [0.15, 0.2) is 86.0 Å². The van der Waals surface area contributed by atoms with Crippen LogP contribution in [0.4, 0.5) is 4.39 Å². The van der Waals surface area contributed by atoms with E-state index in [1.807, 2.05) is 30.3 Å². The van der Waals surface area contributed by atoms with Gasteiger partial charge in [-0.2, -0.15) is 4.31 Å². The van der Waals surface area contributed by atoms with Gasteiger partial charge >= 0.3 is 0 Å². The molecular formula is C21H20FNO5S3. The molecule has 1 unspecified atom stereocenters. The Balaban J connectivity index is 1.62. The third-order valence-corrected chi connectivity index (χ3v) is 9.54. The Kier molecular flexibility index (Phi) is 6.25. The average Bonchev–Trinajstić information content (AvgIpc) is 3.32. The fraction of sp³-hybridized carbons (Fsp3) is 0.238. The summed E-state index contributed by atoms with van der Waals surface area (Å²) in [6, 6.07) is 16.8. The highest BCUT2D eigenvalue weighted by Crippen LogP contribution is 2.32. The molecule has 0 bridgehead atoms. The molecule has 1 saturated heterocycles. The molecule has 2 heterocycles. The lowest BCUT2D eigenvalue weighted by molar-refractivity contribution is 0.296. The number of benzene rings is 2. The summed E-state index contributed by atoms with van der Waals surface area (Å²) in [6.07, 6.45) is 0.203. The van der Waals surface area contributed by atoms with E-state index in [9.17, 15) is 21.2 Å². The number of sulfone groups is 1. The van der Waals surface area contributed by atoms with Gasteiger partial charge in [-0.05, 0) is 55.0 Å². The smallest absolute Gasteiger partial charge is 0.243 e. The topological polar surface area (TPSA) is 84.7 Å². The van der Waals surface area contributed by atoms with E-state index in [0.29, 0.717) is 10.9 Å². The summed E-state index contributed by atoms with van der Waals surface area (Å²) >= 11 is 1.40. The van der Waals surface area contributed by atoms with Crippen LogP contribution in [0.25, 0.3) is 0 Å². The first kappa shape index (κ1) is 22.1. The van der Waals surface area contributed by atoms with Crippen LogP contribution in [0.1, 0.15) is 12.2 Å². The summed E-state index contributed by atoms with van der Waals surface area (Å²) in [6.45, 7) is -0.116. The van der Waals surface area contributed by atoms with Gasteiger partial charge < -0.3 is 4.42 Å². The summed E-state index contributed by atoms with van der Waals surface area (Å²) in [4.78, 5) is 0.879. The summed E-state index contributed by atoms with van der Waals surface area (Å²) in [7, 11) is -7.38. The number of rotatable bonds is 7. The molecule has 1 aliphatic heterocycles. The molecule has 0 spiro atoms. The van der Waals surface area contributed by atoms with Crippen LogP contribution in [0.5, 0.6) is 0 Å². The minimum atomic E-state index is -4.06. The zero-order chi connectivity index (χ0) is 22.1. The van der Waals surface area contributed by atoms with Gasteiger partial charge in [0.15, 0.2) is 14.9 Å². The van der Waals surface area contributed by atoms with Crippen LogP contribution in [0.3, 0.4) is 0 Å². The van der Waals surface area contributed by atoms with E-state index in [2.05, 4.69) is 0 Å². The van der Waals surface area contributed by atoms with Crippen molar-refractivity contribution in [1.82, 2.24) is 4.31 Å². The first-order valence-corrected chi connectivity index (χ1v) is 13.6. The van der Waals surface area contributed by atoms with Crippen molar-refractivity contribution in [1.29, 1.82) is 0 Å². The van der Waals surface area contributed by atoms with E-state index in [1.165, 1.54) is 23.9 Å². The maximum Gasteiger partial charge on any atom is 0.243 e. The zero-order valence-electron chi connectivity index (χ0n) is 16.3. The van der Waals surface area contributed by atoms with Crippen molar-refractivity contribution in [3.63, 3.8) is 0 Å². The molecule has 1 aromatic heterocycles. The molecule has 0 saturated carbocycles. The van der Waals surface area contributed by atoms with Gasteiger partial charge in [0.25, 0.3) is 0 Å². The summed E-state index contributed by atoms with van der Waals surface area (Å²) in [5.74, 6) is -0.476. The number of halogens is 1. The second-order valence-electron chi connectivity index (χ2n) is 7.20. The second-order valence-corrected chi connectivity index (χ2v) is 12.4. The van der Waals surface area contributed by atoms with Gasteiger partial charge in [-0.1, -0.05) is 30.0 Å². The van der Waals surface area contributed by atoms with E-state index >= 15 is 0 Å². The maximum atomic E-state index is 13.3. The third kappa shape index (κ3) is 5.20. The van der Waals surface area contributed by atoms with Crippen molar-refractivity contribution in [2.45, 2.75) is 33.9 Å².